The van der Waals surface area contributed by atoms with Gasteiger partial charge < -0.3 is 15.4 Å². The summed E-state index contributed by atoms with van der Waals surface area (Å²) in [6.45, 7) is 3.53. The van der Waals surface area contributed by atoms with E-state index in [-0.39, 0.29) is 16.4 Å². The molecule has 2 aromatic heterocycles. The molecule has 1 saturated heterocycles. The Morgan fingerprint density at radius 2 is 1.82 bits per heavy atom. The first-order valence-corrected chi connectivity index (χ1v) is 12.7. The molecule has 10 heteroatoms. The molecule has 3 aromatic rings. The van der Waals surface area contributed by atoms with E-state index < -0.39 is 6.10 Å². The summed E-state index contributed by atoms with van der Waals surface area (Å²) in [5, 5.41) is 9.56. The number of ether oxygens (including phenoxy) is 1. The third-order valence-corrected chi connectivity index (χ3v) is 7.43. The maximum atomic E-state index is 8.70. The molecule has 7 nitrogen and oxygen atoms in total. The number of nitrogen functional groups attached to an aromatic ring is 1. The Bertz CT molecular complexity index is 1170. The van der Waals surface area contributed by atoms with Crippen LogP contribution in [-0.4, -0.2) is 40.3 Å². The molecule has 33 heavy (non-hydrogen) atoms. The van der Waals surface area contributed by atoms with E-state index in [1.807, 2.05) is 19.1 Å². The second kappa shape index (κ2) is 10.1. The second-order valence-corrected chi connectivity index (χ2v) is 10.3. The number of nitrogens with zero attached hydrogens (tertiary/aromatic N) is 3. The summed E-state index contributed by atoms with van der Waals surface area (Å²) in [5.41, 5.74) is 8.78. The third-order valence-electron chi connectivity index (χ3n) is 5.48. The molecule has 1 fully saturated rings. The van der Waals surface area contributed by atoms with Crippen molar-refractivity contribution in [2.45, 2.75) is 13.0 Å². The Morgan fingerprint density at radius 1 is 1.12 bits per heavy atom. The molecule has 4 N–H and O–H groups in total. The number of hydrogen-bond acceptors (Lipinski definition) is 7. The van der Waals surface area contributed by atoms with Gasteiger partial charge in [-0.05, 0) is 37.3 Å². The number of rotatable bonds is 6. The zero-order valence-electron chi connectivity index (χ0n) is 18.0. The van der Waals surface area contributed by atoms with Crippen LogP contribution in [0.2, 0.25) is 10.0 Å². The summed E-state index contributed by atoms with van der Waals surface area (Å²) >= 11 is 12.5. The number of nitrogens with two attached hydrogens (primary N) is 1. The third kappa shape index (κ3) is 5.29. The minimum absolute atomic E-state index is 0.243. The molecular formula is C23H24Cl2N6OS. The summed E-state index contributed by atoms with van der Waals surface area (Å²) in [4.78, 5) is 10.7. The molecule has 3 heterocycles. The van der Waals surface area contributed by atoms with Crippen molar-refractivity contribution < 1.29 is 4.74 Å². The van der Waals surface area contributed by atoms with Gasteiger partial charge in [0.15, 0.2) is 0 Å². The van der Waals surface area contributed by atoms with Gasteiger partial charge in [0.25, 0.3) is 0 Å². The van der Waals surface area contributed by atoms with Crippen LogP contribution in [0.3, 0.4) is 0 Å². The molecule has 0 radical (unpaired) electrons. The number of anilines is 2. The predicted molar refractivity (Wildman–Crippen MR) is 136 cm³/mol. The zero-order valence-corrected chi connectivity index (χ0v) is 20.3. The van der Waals surface area contributed by atoms with Crippen LogP contribution in [0.4, 0.5) is 11.5 Å². The lowest BCUT2D eigenvalue weighted by Crippen LogP contribution is -2.37. The van der Waals surface area contributed by atoms with Crippen molar-refractivity contribution in [1.29, 1.82) is 10.2 Å². The first kappa shape index (κ1) is 23.5. The van der Waals surface area contributed by atoms with Crippen LogP contribution in [0.15, 0.2) is 48.9 Å². The highest BCUT2D eigenvalue weighted by Gasteiger charge is 2.18. The molecule has 1 aliphatic heterocycles. The van der Waals surface area contributed by atoms with Crippen molar-refractivity contribution in [2.75, 3.05) is 35.2 Å². The van der Waals surface area contributed by atoms with Crippen molar-refractivity contribution in [3.8, 4) is 5.75 Å². The molecule has 0 bridgehead atoms. The molecule has 0 amide bonds. The molecule has 0 spiro atoms. The van der Waals surface area contributed by atoms with E-state index in [1.54, 1.807) is 24.4 Å². The molecule has 4 rings (SSSR count). The molecule has 1 aromatic carbocycles. The molecule has 172 valence electrons. The Kier molecular flexibility index (Phi) is 7.17. The van der Waals surface area contributed by atoms with Crippen molar-refractivity contribution >= 4 is 51.1 Å². The maximum absolute atomic E-state index is 8.70. The first-order chi connectivity index (χ1) is 15.8. The van der Waals surface area contributed by atoms with Crippen LogP contribution < -0.4 is 15.4 Å². The van der Waals surface area contributed by atoms with Crippen molar-refractivity contribution in [3.63, 3.8) is 0 Å². The van der Waals surface area contributed by atoms with Crippen LogP contribution in [-0.2, 0) is 10.7 Å². The van der Waals surface area contributed by atoms with E-state index in [2.05, 4.69) is 14.9 Å². The van der Waals surface area contributed by atoms with Crippen LogP contribution >= 0.6 is 23.2 Å². The van der Waals surface area contributed by atoms with Crippen molar-refractivity contribution in [2.24, 2.45) is 0 Å². The van der Waals surface area contributed by atoms with E-state index >= 15 is 0 Å². The fourth-order valence-electron chi connectivity index (χ4n) is 3.66. The molecule has 1 aliphatic rings. The van der Waals surface area contributed by atoms with Gasteiger partial charge in [-0.25, -0.2) is 4.98 Å². The molecule has 1 atom stereocenters. The topological polar surface area (TPSA) is 112 Å². The van der Waals surface area contributed by atoms with E-state index in [4.69, 9.17) is 43.9 Å². The number of hydrogen-bond donors (Lipinski definition) is 3. The first-order valence-electron chi connectivity index (χ1n) is 10.4. The van der Waals surface area contributed by atoms with Crippen LogP contribution in [0.5, 0.6) is 5.75 Å². The highest BCUT2D eigenvalue weighted by molar-refractivity contribution is 7.86. The van der Waals surface area contributed by atoms with Gasteiger partial charge in [-0.2, -0.15) is 0 Å². The highest BCUT2D eigenvalue weighted by atomic mass is 35.5. The summed E-state index contributed by atoms with van der Waals surface area (Å²) in [6, 6.07) is 9.01. The number of aromatic nitrogens is 2. The van der Waals surface area contributed by atoms with Gasteiger partial charge in [0.1, 0.15) is 17.7 Å². The fourth-order valence-corrected chi connectivity index (χ4v) is 5.42. The standard InChI is InChI=1S/C23H24Cl2N6OS/c1-14(22-18(24)12-29-13-19(22)25)32-16-3-4-20(26)17(10-16)23(27)15-2-5-21(30-11-15)31-6-8-33(28)9-7-31/h2-5,10-14,27-28H,6-9,26H2,1H3/t14-/m0/s1. The number of nitrogens with one attached hydrogen (secondary N) is 2. The van der Waals surface area contributed by atoms with E-state index in [1.165, 1.54) is 12.4 Å². The average molecular weight is 503 g/mol. The van der Waals surface area contributed by atoms with E-state index in [9.17, 15) is 0 Å². The Hall–Kier alpha value is -2.68. The van der Waals surface area contributed by atoms with Crippen LogP contribution in [0, 0.1) is 10.2 Å². The number of benzene rings is 1. The van der Waals surface area contributed by atoms with Gasteiger partial charge in [-0.3, -0.25) is 15.2 Å². The van der Waals surface area contributed by atoms with Gasteiger partial charge in [-0.15, -0.1) is 10.7 Å². The average Bonchev–Trinajstić information content (AvgIpc) is 2.80. The molecule has 0 unspecified atom stereocenters. The monoisotopic (exact) mass is 502 g/mol. The Labute approximate surface area is 205 Å². The smallest absolute Gasteiger partial charge is 0.128 e. The van der Waals surface area contributed by atoms with Crippen LogP contribution in [0.1, 0.15) is 29.7 Å². The van der Waals surface area contributed by atoms with Crippen molar-refractivity contribution in [3.05, 3.63) is 75.7 Å². The molecule has 0 aliphatic carbocycles. The summed E-state index contributed by atoms with van der Waals surface area (Å²) in [5.74, 6) is 3.16. The Morgan fingerprint density at radius 3 is 2.45 bits per heavy atom. The second-order valence-electron chi connectivity index (χ2n) is 7.69. The fraction of sp³-hybridized carbons (Fsp3) is 0.261. The quantitative estimate of drug-likeness (QED) is 0.319. The van der Waals surface area contributed by atoms with Gasteiger partial charge in [0, 0.05) is 65.6 Å². The highest BCUT2D eigenvalue weighted by Crippen LogP contribution is 2.33. The lowest BCUT2D eigenvalue weighted by molar-refractivity contribution is 0.227. The minimum atomic E-state index is -0.423. The van der Waals surface area contributed by atoms with Gasteiger partial charge in [0.05, 0.1) is 15.8 Å². The van der Waals surface area contributed by atoms with E-state index in [0.29, 0.717) is 38.2 Å². The number of halogens is 2. The molecule has 0 saturated carbocycles. The maximum Gasteiger partial charge on any atom is 0.128 e. The summed E-state index contributed by atoms with van der Waals surface area (Å²) in [7, 11) is -0.243. The predicted octanol–water partition coefficient (Wildman–Crippen LogP) is 5.12. The normalized spacial score (nSPS) is 15.3. The lowest BCUT2D eigenvalue weighted by atomic mass is 10.0. The molecular weight excluding hydrogens is 479 g/mol. The van der Waals surface area contributed by atoms with E-state index in [0.717, 1.165) is 30.4 Å². The lowest BCUT2D eigenvalue weighted by Gasteiger charge is -2.28. The van der Waals surface area contributed by atoms with Gasteiger partial charge >= 0.3 is 0 Å². The Balaban J connectivity index is 1.52. The minimum Gasteiger partial charge on any atom is -0.486 e. The summed E-state index contributed by atoms with van der Waals surface area (Å²) < 4.78 is 13.9. The van der Waals surface area contributed by atoms with Gasteiger partial charge in [-0.1, -0.05) is 23.2 Å². The van der Waals surface area contributed by atoms with Gasteiger partial charge in [0.2, 0.25) is 0 Å². The SMILES string of the molecule is C[C@H](Oc1ccc(N)c(C(=N)c2ccc(N3CCS(=N)CC3)nc2)c1)c1c(Cl)cncc1Cl. The zero-order chi connectivity index (χ0) is 23.5. The summed E-state index contributed by atoms with van der Waals surface area (Å²) in [6.07, 6.45) is 4.32. The van der Waals surface area contributed by atoms with Crippen LogP contribution in [0.25, 0.3) is 0 Å². The number of pyridine rings is 2. The largest absolute Gasteiger partial charge is 0.486 e. The van der Waals surface area contributed by atoms with Crippen molar-refractivity contribution in [1.82, 2.24) is 9.97 Å².